The van der Waals surface area contributed by atoms with Gasteiger partial charge < -0.3 is 14.2 Å². The molecule has 12 nitrogen and oxygen atoms in total. The van der Waals surface area contributed by atoms with E-state index >= 15 is 0 Å². The van der Waals surface area contributed by atoms with Crippen molar-refractivity contribution in [1.29, 1.82) is 0 Å². The van der Waals surface area contributed by atoms with E-state index in [1.807, 2.05) is 0 Å². The van der Waals surface area contributed by atoms with Gasteiger partial charge in [-0.05, 0) is 24.5 Å². The quantitative estimate of drug-likeness (QED) is 0.372. The summed E-state index contributed by atoms with van der Waals surface area (Å²) in [6, 6.07) is 3.23. The zero-order chi connectivity index (χ0) is 25.3. The van der Waals surface area contributed by atoms with Crippen molar-refractivity contribution in [3.63, 3.8) is 0 Å². The molecule has 0 atom stereocenters. The highest BCUT2D eigenvalue weighted by atomic mass is 32.2. The topological polar surface area (TPSA) is 139 Å². The molecule has 0 fully saturated rings. The summed E-state index contributed by atoms with van der Waals surface area (Å²) in [4.78, 5) is 21.4. The first kappa shape index (κ1) is 24.2. The number of ether oxygens (including phenoxy) is 3. The van der Waals surface area contributed by atoms with Crippen LogP contribution in [0.15, 0.2) is 34.7 Å². The van der Waals surface area contributed by atoms with E-state index in [1.54, 1.807) is 26.1 Å². The minimum absolute atomic E-state index is 0.154. The highest BCUT2D eigenvalue weighted by Gasteiger charge is 2.20. The molecule has 14 heteroatoms. The summed E-state index contributed by atoms with van der Waals surface area (Å²) in [6.45, 7) is 1.73. The molecule has 0 saturated heterocycles. The second kappa shape index (κ2) is 9.38. The zero-order valence-corrected chi connectivity index (χ0v) is 21.1. The summed E-state index contributed by atoms with van der Waals surface area (Å²) in [5.74, 6) is 1.79. The standard InChI is InChI=1S/C21H22N6O6S2/c1-12-23-20(34-24-12)18-19-22-10-13(11-27(19)26(2)21(18)28)25-35(29,30)7-6-15-16(32-4)8-14(31-3)9-17(15)33-5/h6-11,25H,1-5H3/b7-6+. The van der Waals surface area contributed by atoms with Crippen LogP contribution in [0.4, 0.5) is 5.69 Å². The third-order valence-corrected chi connectivity index (χ3v) is 6.87. The van der Waals surface area contributed by atoms with Gasteiger partial charge in [0.05, 0.1) is 50.4 Å². The highest BCUT2D eigenvalue weighted by Crippen LogP contribution is 2.35. The second-order valence-corrected chi connectivity index (χ2v) is 9.57. The largest absolute Gasteiger partial charge is 0.496 e. The van der Waals surface area contributed by atoms with E-state index in [1.165, 1.54) is 49.0 Å². The van der Waals surface area contributed by atoms with Crippen LogP contribution in [0.1, 0.15) is 11.4 Å². The van der Waals surface area contributed by atoms with Crippen LogP contribution in [0, 0.1) is 6.92 Å². The number of rotatable bonds is 8. The molecule has 0 amide bonds. The fourth-order valence-electron chi connectivity index (χ4n) is 3.37. The van der Waals surface area contributed by atoms with Gasteiger partial charge in [-0.15, -0.1) is 0 Å². The third kappa shape index (κ3) is 4.70. The molecule has 1 aromatic carbocycles. The van der Waals surface area contributed by atoms with E-state index in [0.29, 0.717) is 44.9 Å². The molecule has 184 valence electrons. The minimum atomic E-state index is -3.97. The molecule has 0 spiro atoms. The minimum Gasteiger partial charge on any atom is -0.496 e. The predicted molar refractivity (Wildman–Crippen MR) is 132 cm³/mol. The van der Waals surface area contributed by atoms with Gasteiger partial charge >= 0.3 is 0 Å². The third-order valence-electron chi connectivity index (χ3n) is 5.03. The Morgan fingerprint density at radius 3 is 2.37 bits per heavy atom. The van der Waals surface area contributed by atoms with Crippen LogP contribution in [-0.4, -0.2) is 53.3 Å². The van der Waals surface area contributed by atoms with Crippen LogP contribution in [0.5, 0.6) is 17.2 Å². The summed E-state index contributed by atoms with van der Waals surface area (Å²) in [7, 11) is 2.00. The molecule has 4 rings (SSSR count). The predicted octanol–water partition coefficient (Wildman–Crippen LogP) is 2.30. The number of fused-ring (bicyclic) bond motifs is 1. The summed E-state index contributed by atoms with van der Waals surface area (Å²) in [5, 5.41) is 1.42. The van der Waals surface area contributed by atoms with E-state index in [-0.39, 0.29) is 11.2 Å². The first-order chi connectivity index (χ1) is 16.7. The summed E-state index contributed by atoms with van der Waals surface area (Å²) in [6.07, 6.45) is 4.14. The molecule has 0 unspecified atom stereocenters. The molecule has 0 radical (unpaired) electrons. The maximum absolute atomic E-state index is 12.8. The van der Waals surface area contributed by atoms with Crippen molar-refractivity contribution in [2.75, 3.05) is 26.1 Å². The number of nitrogens with zero attached hydrogens (tertiary/aromatic N) is 5. The lowest BCUT2D eigenvalue weighted by Gasteiger charge is -2.12. The average molecular weight is 519 g/mol. The van der Waals surface area contributed by atoms with Crippen LogP contribution in [0.3, 0.4) is 0 Å². The Hall–Kier alpha value is -3.91. The van der Waals surface area contributed by atoms with Crippen molar-refractivity contribution in [3.05, 3.63) is 51.7 Å². The van der Waals surface area contributed by atoms with Crippen molar-refractivity contribution in [3.8, 4) is 27.8 Å². The maximum Gasteiger partial charge on any atom is 0.279 e. The Morgan fingerprint density at radius 1 is 1.11 bits per heavy atom. The molecule has 0 bridgehead atoms. The van der Waals surface area contributed by atoms with Crippen molar-refractivity contribution in [2.45, 2.75) is 6.92 Å². The van der Waals surface area contributed by atoms with Crippen molar-refractivity contribution >= 4 is 39.0 Å². The lowest BCUT2D eigenvalue weighted by atomic mass is 10.1. The fourth-order valence-corrected chi connectivity index (χ4v) is 4.89. The molecule has 0 aliphatic rings. The molecule has 1 N–H and O–H groups in total. The Balaban J connectivity index is 1.67. The van der Waals surface area contributed by atoms with E-state index in [0.717, 1.165) is 16.9 Å². The van der Waals surface area contributed by atoms with Gasteiger partial charge in [0, 0.05) is 19.2 Å². The van der Waals surface area contributed by atoms with Crippen LogP contribution in [0.25, 0.3) is 22.3 Å². The summed E-state index contributed by atoms with van der Waals surface area (Å²) in [5.41, 5.74) is 0.874. The van der Waals surface area contributed by atoms with Gasteiger partial charge in [-0.2, -0.15) is 4.37 Å². The number of benzene rings is 1. The van der Waals surface area contributed by atoms with Crippen molar-refractivity contribution in [2.24, 2.45) is 7.05 Å². The van der Waals surface area contributed by atoms with Crippen molar-refractivity contribution in [1.82, 2.24) is 23.5 Å². The summed E-state index contributed by atoms with van der Waals surface area (Å²) >= 11 is 1.10. The van der Waals surface area contributed by atoms with Gasteiger partial charge in [0.15, 0.2) is 10.7 Å². The molecule has 3 aromatic heterocycles. The Morgan fingerprint density at radius 2 is 1.80 bits per heavy atom. The van der Waals surface area contributed by atoms with Gasteiger partial charge in [-0.25, -0.2) is 27.6 Å². The first-order valence-corrected chi connectivity index (χ1v) is 12.4. The molecule has 3 heterocycles. The molecule has 4 aromatic rings. The van der Waals surface area contributed by atoms with Crippen LogP contribution >= 0.6 is 11.5 Å². The van der Waals surface area contributed by atoms with E-state index in [4.69, 9.17) is 14.2 Å². The van der Waals surface area contributed by atoms with Gasteiger partial charge in [0.25, 0.3) is 15.6 Å². The molecular formula is C21H22N6O6S2. The Labute approximate surface area is 204 Å². The zero-order valence-electron chi connectivity index (χ0n) is 19.5. The second-order valence-electron chi connectivity index (χ2n) is 7.26. The van der Waals surface area contributed by atoms with Crippen molar-refractivity contribution < 1.29 is 22.6 Å². The molecule has 35 heavy (non-hydrogen) atoms. The SMILES string of the molecule is COc1cc(OC)c(/C=C/S(=O)(=O)Nc2cnc3c(-c4nc(C)ns4)c(=O)n(C)n3c2)c(OC)c1. The van der Waals surface area contributed by atoms with E-state index < -0.39 is 10.0 Å². The molecule has 0 saturated carbocycles. The Kier molecular flexibility index (Phi) is 6.49. The lowest BCUT2D eigenvalue weighted by molar-refractivity contribution is 0.374. The number of hydrogen-bond donors (Lipinski definition) is 1. The maximum atomic E-state index is 12.8. The number of methoxy groups -OCH3 is 3. The van der Waals surface area contributed by atoms with Gasteiger partial charge in [-0.3, -0.25) is 9.52 Å². The smallest absolute Gasteiger partial charge is 0.279 e. The van der Waals surface area contributed by atoms with E-state index in [2.05, 4.69) is 19.1 Å². The Bertz CT molecular complexity index is 1580. The fraction of sp³-hybridized carbons (Fsp3) is 0.238. The number of aryl methyl sites for hydroxylation is 2. The van der Waals surface area contributed by atoms with Crippen LogP contribution in [-0.2, 0) is 17.1 Å². The average Bonchev–Trinajstić information content (AvgIpc) is 3.37. The van der Waals surface area contributed by atoms with Crippen LogP contribution < -0.4 is 24.5 Å². The molecule has 0 aliphatic heterocycles. The monoisotopic (exact) mass is 518 g/mol. The number of sulfonamides is 1. The molecule has 0 aliphatic carbocycles. The van der Waals surface area contributed by atoms with Gasteiger partial charge in [0.2, 0.25) is 0 Å². The first-order valence-electron chi connectivity index (χ1n) is 10.1. The molecular weight excluding hydrogens is 496 g/mol. The number of aromatic nitrogens is 5. The summed E-state index contributed by atoms with van der Waals surface area (Å²) < 4.78 is 50.8. The number of hydrogen-bond acceptors (Lipinski definition) is 10. The van der Waals surface area contributed by atoms with Crippen LogP contribution in [0.2, 0.25) is 0 Å². The number of anilines is 1. The lowest BCUT2D eigenvalue weighted by Crippen LogP contribution is -2.16. The van der Waals surface area contributed by atoms with E-state index in [9.17, 15) is 13.2 Å². The van der Waals surface area contributed by atoms with Gasteiger partial charge in [-0.1, -0.05) is 0 Å². The van der Waals surface area contributed by atoms with Gasteiger partial charge in [0.1, 0.15) is 28.6 Å². The highest BCUT2D eigenvalue weighted by molar-refractivity contribution is 7.95. The normalized spacial score (nSPS) is 11.8. The number of nitrogens with one attached hydrogen (secondary N) is 1.